The van der Waals surface area contributed by atoms with Crippen LogP contribution in [0.5, 0.6) is 5.75 Å². The van der Waals surface area contributed by atoms with Gasteiger partial charge in [-0.1, -0.05) is 44.2 Å². The number of benzene rings is 1. The number of likely N-dealkylation sites (tertiary alicyclic amines) is 1. The zero-order valence-corrected chi connectivity index (χ0v) is 22.2. The van der Waals surface area contributed by atoms with Gasteiger partial charge in [-0.25, -0.2) is 0 Å². The van der Waals surface area contributed by atoms with Crippen molar-refractivity contribution >= 4 is 11.8 Å². The molecule has 0 saturated carbocycles. The molecule has 36 heavy (non-hydrogen) atoms. The maximum atomic E-state index is 13.4. The minimum absolute atomic E-state index is 0.128. The van der Waals surface area contributed by atoms with Crippen LogP contribution < -0.4 is 10.1 Å². The summed E-state index contributed by atoms with van der Waals surface area (Å²) in [6, 6.07) is 8.13. The van der Waals surface area contributed by atoms with Gasteiger partial charge in [-0.2, -0.15) is 0 Å². The first-order chi connectivity index (χ1) is 17.5. The van der Waals surface area contributed by atoms with E-state index >= 15 is 0 Å². The number of nitrogens with one attached hydrogen (secondary N) is 1. The molecule has 2 amide bonds. The average molecular weight is 497 g/mol. The summed E-state index contributed by atoms with van der Waals surface area (Å²) >= 11 is 0. The van der Waals surface area contributed by atoms with Gasteiger partial charge in [0.25, 0.3) is 0 Å². The van der Waals surface area contributed by atoms with Crippen LogP contribution in [0.1, 0.15) is 45.1 Å². The summed E-state index contributed by atoms with van der Waals surface area (Å²) in [5.74, 6) is 2.04. The first kappa shape index (κ1) is 26.7. The topological polar surface area (TPSA) is 65.1 Å². The van der Waals surface area contributed by atoms with Crippen LogP contribution in [0.4, 0.5) is 0 Å². The highest BCUT2D eigenvalue weighted by atomic mass is 16.5. The molecule has 7 heteroatoms. The Balaban J connectivity index is 1.41. The van der Waals surface area contributed by atoms with Gasteiger partial charge in [-0.3, -0.25) is 14.5 Å². The fourth-order valence-corrected chi connectivity index (χ4v) is 5.78. The first-order valence-corrected chi connectivity index (χ1v) is 13.8. The third-order valence-electron chi connectivity index (χ3n) is 7.62. The second-order valence-electron chi connectivity index (χ2n) is 11.1. The number of rotatable bonds is 7. The number of carbonyl (C=O) groups is 2. The number of nitrogens with zero attached hydrogens (tertiary/aromatic N) is 3. The minimum Gasteiger partial charge on any atom is -0.489 e. The van der Waals surface area contributed by atoms with E-state index < -0.39 is 0 Å². The molecule has 2 saturated heterocycles. The van der Waals surface area contributed by atoms with Gasteiger partial charge >= 0.3 is 0 Å². The number of amides is 2. The van der Waals surface area contributed by atoms with Crippen LogP contribution in [0.2, 0.25) is 0 Å². The molecule has 2 bridgehead atoms. The van der Waals surface area contributed by atoms with Gasteiger partial charge in [0, 0.05) is 51.3 Å². The Morgan fingerprint density at radius 1 is 1.11 bits per heavy atom. The van der Waals surface area contributed by atoms with E-state index in [4.69, 9.17) is 4.74 Å². The average Bonchev–Trinajstić information content (AvgIpc) is 3.36. The number of fused-ring (bicyclic) bond motifs is 3. The van der Waals surface area contributed by atoms with Crippen LogP contribution in [0, 0.1) is 17.8 Å². The predicted molar refractivity (Wildman–Crippen MR) is 143 cm³/mol. The quantitative estimate of drug-likeness (QED) is 0.588. The van der Waals surface area contributed by atoms with Crippen molar-refractivity contribution in [2.75, 3.05) is 59.0 Å². The molecule has 3 aliphatic rings. The third-order valence-corrected chi connectivity index (χ3v) is 7.62. The summed E-state index contributed by atoms with van der Waals surface area (Å²) < 4.78 is 6.14. The maximum Gasteiger partial charge on any atom is 0.236 e. The van der Waals surface area contributed by atoms with Gasteiger partial charge in [0.15, 0.2) is 0 Å². The van der Waals surface area contributed by atoms with Gasteiger partial charge in [0.05, 0.1) is 6.54 Å². The van der Waals surface area contributed by atoms with E-state index in [0.717, 1.165) is 57.0 Å². The molecule has 2 atom stereocenters. The molecule has 3 heterocycles. The molecule has 0 spiro atoms. The summed E-state index contributed by atoms with van der Waals surface area (Å²) in [5, 5.41) is 3.13. The lowest BCUT2D eigenvalue weighted by Crippen LogP contribution is -2.48. The molecule has 4 rings (SSSR count). The lowest BCUT2D eigenvalue weighted by Gasteiger charge is -2.38. The monoisotopic (exact) mass is 496 g/mol. The third kappa shape index (κ3) is 7.81. The van der Waals surface area contributed by atoms with Crippen LogP contribution in [-0.2, 0) is 16.1 Å². The van der Waals surface area contributed by atoms with Crippen molar-refractivity contribution in [1.82, 2.24) is 20.0 Å². The molecule has 0 aliphatic carbocycles. The van der Waals surface area contributed by atoms with E-state index in [-0.39, 0.29) is 23.7 Å². The summed E-state index contributed by atoms with van der Waals surface area (Å²) in [6.07, 6.45) is 8.14. The number of hydrogen-bond acceptors (Lipinski definition) is 5. The number of ether oxygens (including phenoxy) is 1. The van der Waals surface area contributed by atoms with Crippen LogP contribution in [0.25, 0.3) is 0 Å². The molecular formula is C29H44N4O3. The van der Waals surface area contributed by atoms with Gasteiger partial charge in [-0.05, 0) is 56.2 Å². The van der Waals surface area contributed by atoms with Crippen molar-refractivity contribution < 1.29 is 14.3 Å². The summed E-state index contributed by atoms with van der Waals surface area (Å²) in [6.45, 7) is 12.2. The summed E-state index contributed by atoms with van der Waals surface area (Å²) in [4.78, 5) is 32.8. The van der Waals surface area contributed by atoms with E-state index in [0.29, 0.717) is 38.6 Å². The second-order valence-corrected chi connectivity index (χ2v) is 11.1. The van der Waals surface area contributed by atoms with E-state index in [2.05, 4.69) is 47.2 Å². The molecular weight excluding hydrogens is 452 g/mol. The number of piperidine rings is 1. The van der Waals surface area contributed by atoms with Crippen LogP contribution in [-0.4, -0.2) is 85.5 Å². The fraction of sp³-hybridized carbons (Fsp3) is 0.655. The number of hydrogen-bond donors (Lipinski definition) is 1. The zero-order chi connectivity index (χ0) is 25.3. The summed E-state index contributed by atoms with van der Waals surface area (Å²) in [5.41, 5.74) is 1.11. The lowest BCUT2D eigenvalue weighted by atomic mass is 9.82. The van der Waals surface area contributed by atoms with Gasteiger partial charge in [0.2, 0.25) is 11.8 Å². The van der Waals surface area contributed by atoms with Crippen molar-refractivity contribution in [3.63, 3.8) is 0 Å². The molecule has 0 unspecified atom stereocenters. The normalized spacial score (nSPS) is 24.9. The molecule has 1 aromatic rings. The highest BCUT2D eigenvalue weighted by molar-refractivity contribution is 5.79. The van der Waals surface area contributed by atoms with Crippen molar-refractivity contribution in [3.8, 4) is 5.75 Å². The van der Waals surface area contributed by atoms with E-state index in [1.54, 1.807) is 0 Å². The van der Waals surface area contributed by atoms with Gasteiger partial charge in [-0.15, -0.1) is 0 Å². The highest BCUT2D eigenvalue weighted by Gasteiger charge is 2.32. The Bertz CT molecular complexity index is 896. The van der Waals surface area contributed by atoms with Crippen molar-refractivity contribution in [1.29, 1.82) is 0 Å². The van der Waals surface area contributed by atoms with Crippen molar-refractivity contribution in [2.24, 2.45) is 17.8 Å². The Labute approximate surface area is 216 Å². The molecule has 1 N–H and O–H groups in total. The number of para-hydroxylation sites is 1. The molecule has 198 valence electrons. The smallest absolute Gasteiger partial charge is 0.236 e. The Morgan fingerprint density at radius 3 is 2.72 bits per heavy atom. The van der Waals surface area contributed by atoms with E-state index in [9.17, 15) is 9.59 Å². The molecule has 1 aromatic carbocycles. The predicted octanol–water partition coefficient (Wildman–Crippen LogP) is 3.16. The van der Waals surface area contributed by atoms with E-state index in [1.165, 1.54) is 12.8 Å². The largest absolute Gasteiger partial charge is 0.489 e. The Hall–Kier alpha value is -2.38. The van der Waals surface area contributed by atoms with Crippen molar-refractivity contribution in [2.45, 2.75) is 46.1 Å². The molecule has 3 aliphatic heterocycles. The fourth-order valence-electron chi connectivity index (χ4n) is 5.78. The molecule has 2 fully saturated rings. The first-order valence-electron chi connectivity index (χ1n) is 13.8. The molecule has 0 aromatic heterocycles. The molecule has 7 nitrogen and oxygen atoms in total. The Kier molecular flexibility index (Phi) is 9.82. The van der Waals surface area contributed by atoms with E-state index in [1.807, 2.05) is 23.1 Å². The highest BCUT2D eigenvalue weighted by Crippen LogP contribution is 2.29. The Morgan fingerprint density at radius 2 is 1.92 bits per heavy atom. The molecule has 0 radical (unpaired) electrons. The lowest BCUT2D eigenvalue weighted by molar-refractivity contribution is -0.135. The van der Waals surface area contributed by atoms with Crippen molar-refractivity contribution in [3.05, 3.63) is 42.0 Å². The van der Waals surface area contributed by atoms with Gasteiger partial charge < -0.3 is 19.9 Å². The van der Waals surface area contributed by atoms with Crippen LogP contribution >= 0.6 is 0 Å². The second kappa shape index (κ2) is 13.2. The maximum absolute atomic E-state index is 13.4. The van der Waals surface area contributed by atoms with Gasteiger partial charge in [0.1, 0.15) is 12.4 Å². The zero-order valence-electron chi connectivity index (χ0n) is 22.2. The standard InChI is InChI=1S/C29H44N4O3/c1-23(2)19-32-20-26-8-3-4-10-27(26)36-17-7-9-25-21-33(29(35)22-32)15-11-24(25)18-28(34)30-12-16-31-13-5-6-14-31/h3-4,7-10,23-25H,5-6,11-22H2,1-2H3,(H,30,34)/b9-7-/t24-,25-/m0/s1. The van der Waals surface area contributed by atoms with Crippen LogP contribution in [0.15, 0.2) is 36.4 Å². The minimum atomic E-state index is 0.128. The SMILES string of the molecule is CC(C)CN1CC(=O)N2CC[C@@H](CC(=O)NCCN3CCCC3)[C@@H](/C=C\COc3ccccc3C1)C2. The summed E-state index contributed by atoms with van der Waals surface area (Å²) in [7, 11) is 0. The number of carbonyl (C=O) groups excluding carboxylic acids is 2. The van der Waals surface area contributed by atoms with Crippen LogP contribution in [0.3, 0.4) is 0 Å².